The summed E-state index contributed by atoms with van der Waals surface area (Å²) in [5, 5.41) is 8.96. The van der Waals surface area contributed by atoms with E-state index in [9.17, 15) is 9.18 Å². The van der Waals surface area contributed by atoms with Gasteiger partial charge in [-0.05, 0) is 19.1 Å². The molecule has 1 atom stereocenters. The van der Waals surface area contributed by atoms with Gasteiger partial charge in [0.15, 0.2) is 11.9 Å². The molecule has 0 aliphatic rings. The van der Waals surface area contributed by atoms with Crippen molar-refractivity contribution in [3.8, 4) is 5.88 Å². The lowest BCUT2D eigenvalue weighted by Gasteiger charge is -2.13. The van der Waals surface area contributed by atoms with E-state index in [1.165, 1.54) is 0 Å². The minimum Gasteiger partial charge on any atom is -0.477 e. The Morgan fingerprint density at radius 1 is 1.37 bits per heavy atom. The number of nitrogens with zero attached hydrogens (tertiary/aromatic N) is 3. The monoisotopic (exact) mass is 263 g/mol. The van der Waals surface area contributed by atoms with Crippen molar-refractivity contribution in [3.05, 3.63) is 47.9 Å². The second kappa shape index (κ2) is 5.38. The molecule has 0 fully saturated rings. The third-order valence-corrected chi connectivity index (χ3v) is 2.29. The highest BCUT2D eigenvalue weighted by atomic mass is 19.1. The van der Waals surface area contributed by atoms with Crippen molar-refractivity contribution in [2.24, 2.45) is 0 Å². The van der Waals surface area contributed by atoms with E-state index in [1.54, 1.807) is 25.4 Å². The van der Waals surface area contributed by atoms with Gasteiger partial charge in [0.1, 0.15) is 11.4 Å². The average Bonchev–Trinajstić information content (AvgIpc) is 2.41. The highest BCUT2D eigenvalue weighted by molar-refractivity contribution is 5.90. The molecular weight excluding hydrogens is 253 g/mol. The second-order valence-electron chi connectivity index (χ2n) is 3.68. The zero-order valence-corrected chi connectivity index (χ0v) is 9.95. The molecule has 0 radical (unpaired) electrons. The predicted molar refractivity (Wildman–Crippen MR) is 62.2 cm³/mol. The van der Waals surface area contributed by atoms with Gasteiger partial charge in [-0.15, -0.1) is 0 Å². The van der Waals surface area contributed by atoms with Gasteiger partial charge in [0.2, 0.25) is 5.88 Å². The van der Waals surface area contributed by atoms with Crippen molar-refractivity contribution in [2.45, 2.75) is 13.0 Å². The summed E-state index contributed by atoms with van der Waals surface area (Å²) >= 11 is 0. The summed E-state index contributed by atoms with van der Waals surface area (Å²) in [7, 11) is 0. The number of carboxylic acids is 1. The van der Waals surface area contributed by atoms with E-state index < -0.39 is 17.9 Å². The molecule has 0 saturated carbocycles. The standard InChI is InChI=1S/C12H10FN3O3/c1-7(10-14-3-2-4-15-10)19-11-9(12(17)18)5-8(13)6-16-11/h2-7H,1H3,(H,17,18). The Morgan fingerprint density at radius 2 is 2.05 bits per heavy atom. The minimum atomic E-state index is -1.32. The van der Waals surface area contributed by atoms with Gasteiger partial charge in [0, 0.05) is 12.4 Å². The number of ether oxygens (including phenoxy) is 1. The van der Waals surface area contributed by atoms with E-state index in [4.69, 9.17) is 9.84 Å². The third kappa shape index (κ3) is 3.01. The molecule has 0 aromatic carbocycles. The fourth-order valence-corrected chi connectivity index (χ4v) is 1.41. The van der Waals surface area contributed by atoms with E-state index in [1.807, 2.05) is 0 Å². The van der Waals surface area contributed by atoms with Gasteiger partial charge in [0.05, 0.1) is 6.20 Å². The number of aromatic carboxylic acids is 1. The summed E-state index contributed by atoms with van der Waals surface area (Å²) in [5.41, 5.74) is -0.345. The summed E-state index contributed by atoms with van der Waals surface area (Å²) < 4.78 is 18.3. The van der Waals surface area contributed by atoms with E-state index in [-0.39, 0.29) is 11.4 Å². The summed E-state index contributed by atoms with van der Waals surface area (Å²) in [6, 6.07) is 2.50. The molecule has 2 aromatic heterocycles. The molecule has 7 heteroatoms. The molecule has 0 saturated heterocycles. The minimum absolute atomic E-state index is 0.172. The van der Waals surface area contributed by atoms with E-state index in [0.717, 1.165) is 12.3 Å². The molecule has 0 amide bonds. The SMILES string of the molecule is CC(Oc1ncc(F)cc1C(=O)O)c1ncccn1. The molecule has 0 bridgehead atoms. The third-order valence-electron chi connectivity index (χ3n) is 2.29. The number of pyridine rings is 1. The van der Waals surface area contributed by atoms with Crippen LogP contribution in [0.15, 0.2) is 30.7 Å². The van der Waals surface area contributed by atoms with Crippen LogP contribution in [0.4, 0.5) is 4.39 Å². The lowest BCUT2D eigenvalue weighted by atomic mass is 10.2. The molecule has 0 aliphatic carbocycles. The number of hydrogen-bond donors (Lipinski definition) is 1. The molecule has 19 heavy (non-hydrogen) atoms. The topological polar surface area (TPSA) is 85.2 Å². The lowest BCUT2D eigenvalue weighted by Crippen LogP contribution is -2.11. The number of carboxylic acid groups (broad SMARTS) is 1. The highest BCUT2D eigenvalue weighted by Gasteiger charge is 2.18. The number of carbonyl (C=O) groups is 1. The zero-order valence-electron chi connectivity index (χ0n) is 9.95. The van der Waals surface area contributed by atoms with Gasteiger partial charge in [0.25, 0.3) is 0 Å². The molecule has 2 rings (SSSR count). The van der Waals surface area contributed by atoms with Crippen LogP contribution in [0.2, 0.25) is 0 Å². The first kappa shape index (κ1) is 12.9. The first-order valence-electron chi connectivity index (χ1n) is 5.40. The smallest absolute Gasteiger partial charge is 0.341 e. The molecule has 2 aromatic rings. The Labute approximate surface area is 107 Å². The summed E-state index contributed by atoms with van der Waals surface area (Å²) in [4.78, 5) is 22.6. The van der Waals surface area contributed by atoms with Crippen LogP contribution in [0, 0.1) is 5.82 Å². The van der Waals surface area contributed by atoms with Crippen LogP contribution in [-0.2, 0) is 0 Å². The van der Waals surface area contributed by atoms with Crippen LogP contribution in [0.3, 0.4) is 0 Å². The normalized spacial score (nSPS) is 11.9. The van der Waals surface area contributed by atoms with E-state index >= 15 is 0 Å². The molecular formula is C12H10FN3O3. The van der Waals surface area contributed by atoms with Crippen molar-refractivity contribution in [2.75, 3.05) is 0 Å². The molecule has 6 nitrogen and oxygen atoms in total. The predicted octanol–water partition coefficient (Wildman–Crippen LogP) is 1.85. The molecule has 98 valence electrons. The largest absolute Gasteiger partial charge is 0.477 e. The lowest BCUT2D eigenvalue weighted by molar-refractivity contribution is 0.0687. The maximum absolute atomic E-state index is 13.0. The Morgan fingerprint density at radius 3 is 2.68 bits per heavy atom. The van der Waals surface area contributed by atoms with Crippen molar-refractivity contribution < 1.29 is 19.0 Å². The van der Waals surface area contributed by atoms with Crippen LogP contribution in [0.1, 0.15) is 29.2 Å². The van der Waals surface area contributed by atoms with Crippen molar-refractivity contribution in [3.63, 3.8) is 0 Å². The van der Waals surface area contributed by atoms with E-state index in [2.05, 4.69) is 15.0 Å². The summed E-state index contributed by atoms with van der Waals surface area (Å²) in [5.74, 6) is -1.85. The van der Waals surface area contributed by atoms with Gasteiger partial charge in [-0.3, -0.25) is 0 Å². The number of rotatable bonds is 4. The molecule has 1 unspecified atom stereocenters. The number of hydrogen-bond acceptors (Lipinski definition) is 5. The number of aromatic nitrogens is 3. The summed E-state index contributed by atoms with van der Waals surface area (Å²) in [6.07, 6.45) is 3.37. The average molecular weight is 263 g/mol. The highest BCUT2D eigenvalue weighted by Crippen LogP contribution is 2.21. The van der Waals surface area contributed by atoms with Crippen LogP contribution >= 0.6 is 0 Å². The van der Waals surface area contributed by atoms with Gasteiger partial charge >= 0.3 is 5.97 Å². The maximum Gasteiger partial charge on any atom is 0.341 e. The summed E-state index contributed by atoms with van der Waals surface area (Å²) in [6.45, 7) is 1.64. The fourth-order valence-electron chi connectivity index (χ4n) is 1.41. The Balaban J connectivity index is 2.26. The van der Waals surface area contributed by atoms with Crippen molar-refractivity contribution in [1.82, 2.24) is 15.0 Å². The van der Waals surface area contributed by atoms with Crippen molar-refractivity contribution >= 4 is 5.97 Å². The quantitative estimate of drug-likeness (QED) is 0.906. The Hall–Kier alpha value is -2.57. The number of halogens is 1. The Kier molecular flexibility index (Phi) is 3.65. The second-order valence-corrected chi connectivity index (χ2v) is 3.68. The first-order valence-corrected chi connectivity index (χ1v) is 5.40. The fraction of sp³-hybridized carbons (Fsp3) is 0.167. The van der Waals surface area contributed by atoms with E-state index in [0.29, 0.717) is 5.82 Å². The molecule has 0 aliphatic heterocycles. The van der Waals surface area contributed by atoms with Crippen LogP contribution in [0.5, 0.6) is 5.88 Å². The first-order chi connectivity index (χ1) is 9.08. The van der Waals surface area contributed by atoms with Gasteiger partial charge in [-0.1, -0.05) is 0 Å². The van der Waals surface area contributed by atoms with Crippen LogP contribution < -0.4 is 4.74 Å². The van der Waals surface area contributed by atoms with Crippen molar-refractivity contribution in [1.29, 1.82) is 0 Å². The van der Waals surface area contributed by atoms with Gasteiger partial charge < -0.3 is 9.84 Å². The van der Waals surface area contributed by atoms with Gasteiger partial charge in [-0.25, -0.2) is 24.1 Å². The van der Waals surface area contributed by atoms with Crippen LogP contribution in [-0.4, -0.2) is 26.0 Å². The zero-order chi connectivity index (χ0) is 13.8. The van der Waals surface area contributed by atoms with Gasteiger partial charge in [-0.2, -0.15) is 0 Å². The maximum atomic E-state index is 13.0. The molecule has 1 N–H and O–H groups in total. The molecule has 0 spiro atoms. The van der Waals surface area contributed by atoms with Crippen LogP contribution in [0.25, 0.3) is 0 Å². The molecule has 2 heterocycles. The Bertz CT molecular complexity index is 592.